The molecule has 3 amide bonds. The van der Waals surface area contributed by atoms with Gasteiger partial charge in [-0.25, -0.2) is 4.98 Å². The van der Waals surface area contributed by atoms with Gasteiger partial charge in [-0.3, -0.25) is 14.4 Å². The topological polar surface area (TPSA) is 91.4 Å². The Labute approximate surface area is 212 Å². The SMILES string of the molecule is CC(C)C(NC(=O)c1ccc(C(C)(C)C)cc1)C(=O)N1CCC(C(=O)Nc2ccc(Cl)cn2)CC1. The number of halogens is 1. The molecule has 2 aromatic rings. The van der Waals surface area contributed by atoms with Crippen molar-refractivity contribution < 1.29 is 14.4 Å². The van der Waals surface area contributed by atoms with Gasteiger partial charge in [0.2, 0.25) is 11.8 Å². The van der Waals surface area contributed by atoms with Crippen molar-refractivity contribution in [3.8, 4) is 0 Å². The van der Waals surface area contributed by atoms with Gasteiger partial charge in [0.05, 0.1) is 5.02 Å². The Bertz CT molecular complexity index is 1040. The zero-order valence-electron chi connectivity index (χ0n) is 21.1. The summed E-state index contributed by atoms with van der Waals surface area (Å²) in [4.78, 5) is 44.6. The third-order valence-electron chi connectivity index (χ3n) is 6.39. The minimum Gasteiger partial charge on any atom is -0.341 e. The highest BCUT2D eigenvalue weighted by Crippen LogP contribution is 2.23. The van der Waals surface area contributed by atoms with E-state index in [4.69, 9.17) is 11.6 Å². The molecule has 2 N–H and O–H groups in total. The molecule has 3 rings (SSSR count). The quantitative estimate of drug-likeness (QED) is 0.605. The zero-order chi connectivity index (χ0) is 25.8. The van der Waals surface area contributed by atoms with E-state index in [0.717, 1.165) is 5.56 Å². The van der Waals surface area contributed by atoms with E-state index in [1.165, 1.54) is 6.20 Å². The van der Waals surface area contributed by atoms with Crippen LogP contribution < -0.4 is 10.6 Å². The molecule has 1 atom stereocenters. The van der Waals surface area contributed by atoms with Gasteiger partial charge in [0.15, 0.2) is 0 Å². The molecule has 1 aliphatic heterocycles. The van der Waals surface area contributed by atoms with Crippen molar-refractivity contribution in [2.24, 2.45) is 11.8 Å². The van der Waals surface area contributed by atoms with Crippen molar-refractivity contribution in [2.45, 2.75) is 58.9 Å². The fourth-order valence-electron chi connectivity index (χ4n) is 4.10. The lowest BCUT2D eigenvalue weighted by molar-refractivity contribution is -0.137. The number of likely N-dealkylation sites (tertiary alicyclic amines) is 1. The number of nitrogens with one attached hydrogen (secondary N) is 2. The molecular formula is C27H35ClN4O3. The number of amides is 3. The Morgan fingerprint density at radius 1 is 1.03 bits per heavy atom. The number of carbonyl (C=O) groups excluding carboxylic acids is 3. The standard InChI is InChI=1S/C27H35ClN4O3/c1-17(2)23(31-25(34)18-6-8-20(9-7-18)27(3,4)5)26(35)32-14-12-19(13-15-32)24(33)30-22-11-10-21(28)16-29-22/h6-11,16-17,19,23H,12-15H2,1-5H3,(H,31,34)(H,29,30,33). The molecule has 0 radical (unpaired) electrons. The average Bonchev–Trinajstić information content (AvgIpc) is 2.82. The number of hydrogen-bond acceptors (Lipinski definition) is 4. The maximum absolute atomic E-state index is 13.3. The Morgan fingerprint density at radius 2 is 1.66 bits per heavy atom. The summed E-state index contributed by atoms with van der Waals surface area (Å²) in [6.45, 7) is 11.1. The van der Waals surface area contributed by atoms with E-state index in [0.29, 0.717) is 42.3 Å². The summed E-state index contributed by atoms with van der Waals surface area (Å²) in [6.07, 6.45) is 2.59. The molecule has 1 aromatic carbocycles. The van der Waals surface area contributed by atoms with E-state index in [1.807, 2.05) is 26.0 Å². The number of hydrogen-bond donors (Lipinski definition) is 2. The normalized spacial score (nSPS) is 15.6. The second-order valence-corrected chi connectivity index (χ2v) is 10.9. The summed E-state index contributed by atoms with van der Waals surface area (Å²) in [5.74, 6) is -0.308. The van der Waals surface area contributed by atoms with Gasteiger partial charge >= 0.3 is 0 Å². The molecule has 188 valence electrons. The maximum atomic E-state index is 13.3. The molecule has 0 bridgehead atoms. The van der Waals surface area contributed by atoms with Gasteiger partial charge in [0.1, 0.15) is 11.9 Å². The summed E-state index contributed by atoms with van der Waals surface area (Å²) >= 11 is 5.84. The minimum atomic E-state index is -0.631. The van der Waals surface area contributed by atoms with Crippen LogP contribution >= 0.6 is 11.6 Å². The van der Waals surface area contributed by atoms with E-state index in [-0.39, 0.29) is 35.0 Å². The lowest BCUT2D eigenvalue weighted by atomic mass is 9.86. The van der Waals surface area contributed by atoms with Crippen LogP contribution in [0.15, 0.2) is 42.6 Å². The van der Waals surface area contributed by atoms with E-state index >= 15 is 0 Å². The van der Waals surface area contributed by atoms with Crippen LogP contribution in [-0.2, 0) is 15.0 Å². The monoisotopic (exact) mass is 498 g/mol. The van der Waals surface area contributed by atoms with Crippen LogP contribution in [0.4, 0.5) is 5.82 Å². The van der Waals surface area contributed by atoms with Gasteiger partial charge in [0, 0.05) is 30.8 Å². The van der Waals surface area contributed by atoms with Crippen LogP contribution in [0.1, 0.15) is 63.4 Å². The number of anilines is 1. The van der Waals surface area contributed by atoms with Gasteiger partial charge in [-0.1, -0.05) is 58.4 Å². The molecule has 7 nitrogen and oxygen atoms in total. The zero-order valence-corrected chi connectivity index (χ0v) is 21.9. The highest BCUT2D eigenvalue weighted by molar-refractivity contribution is 6.30. The van der Waals surface area contributed by atoms with Crippen molar-refractivity contribution in [1.82, 2.24) is 15.2 Å². The molecule has 1 saturated heterocycles. The molecule has 0 aliphatic carbocycles. The second kappa shape index (κ2) is 11.2. The first-order valence-corrected chi connectivity index (χ1v) is 12.5. The summed E-state index contributed by atoms with van der Waals surface area (Å²) in [5.41, 5.74) is 1.67. The van der Waals surface area contributed by atoms with Crippen LogP contribution in [0.2, 0.25) is 5.02 Å². The van der Waals surface area contributed by atoms with Crippen LogP contribution in [0, 0.1) is 11.8 Å². The van der Waals surface area contributed by atoms with E-state index in [2.05, 4.69) is 36.4 Å². The first kappa shape index (κ1) is 26.7. The van der Waals surface area contributed by atoms with Gasteiger partial charge in [-0.15, -0.1) is 0 Å². The predicted octanol–water partition coefficient (Wildman–Crippen LogP) is 4.66. The Kier molecular flexibility index (Phi) is 8.54. The molecule has 0 spiro atoms. The van der Waals surface area contributed by atoms with Crippen LogP contribution in [0.3, 0.4) is 0 Å². The molecule has 1 aromatic heterocycles. The maximum Gasteiger partial charge on any atom is 0.251 e. The number of carbonyl (C=O) groups is 3. The number of rotatable bonds is 6. The van der Waals surface area contributed by atoms with E-state index < -0.39 is 6.04 Å². The molecule has 2 heterocycles. The first-order chi connectivity index (χ1) is 16.5. The number of aromatic nitrogens is 1. The van der Waals surface area contributed by atoms with Gasteiger partial charge < -0.3 is 15.5 Å². The van der Waals surface area contributed by atoms with E-state index in [1.54, 1.807) is 29.2 Å². The predicted molar refractivity (Wildman–Crippen MR) is 138 cm³/mol. The Balaban J connectivity index is 1.57. The number of piperidine rings is 1. The third-order valence-corrected chi connectivity index (χ3v) is 6.61. The molecule has 8 heteroatoms. The number of nitrogens with zero attached hydrogens (tertiary/aromatic N) is 2. The lowest BCUT2D eigenvalue weighted by Crippen LogP contribution is -2.53. The Morgan fingerprint density at radius 3 is 2.17 bits per heavy atom. The van der Waals surface area contributed by atoms with Crippen molar-refractivity contribution in [2.75, 3.05) is 18.4 Å². The molecule has 1 aliphatic rings. The fraction of sp³-hybridized carbons (Fsp3) is 0.481. The lowest BCUT2D eigenvalue weighted by Gasteiger charge is -2.35. The first-order valence-electron chi connectivity index (χ1n) is 12.1. The Hall–Kier alpha value is -2.93. The van der Waals surface area contributed by atoms with E-state index in [9.17, 15) is 14.4 Å². The summed E-state index contributed by atoms with van der Waals surface area (Å²) in [5, 5.41) is 6.25. The van der Waals surface area contributed by atoms with Gasteiger partial charge in [-0.05, 0) is 54.0 Å². The summed E-state index contributed by atoms with van der Waals surface area (Å²) in [7, 11) is 0. The van der Waals surface area contributed by atoms with Crippen LogP contribution in [0.25, 0.3) is 0 Å². The van der Waals surface area contributed by atoms with Crippen molar-refractivity contribution in [1.29, 1.82) is 0 Å². The smallest absolute Gasteiger partial charge is 0.251 e. The summed E-state index contributed by atoms with van der Waals surface area (Å²) < 4.78 is 0. The minimum absolute atomic E-state index is 0.000205. The summed E-state index contributed by atoms with van der Waals surface area (Å²) in [6, 6.07) is 10.2. The molecule has 35 heavy (non-hydrogen) atoms. The van der Waals surface area contributed by atoms with Crippen LogP contribution in [-0.4, -0.2) is 46.7 Å². The number of pyridine rings is 1. The number of benzene rings is 1. The second-order valence-electron chi connectivity index (χ2n) is 10.5. The highest BCUT2D eigenvalue weighted by Gasteiger charge is 2.33. The van der Waals surface area contributed by atoms with Gasteiger partial charge in [0.25, 0.3) is 5.91 Å². The molecule has 1 unspecified atom stereocenters. The average molecular weight is 499 g/mol. The molecular weight excluding hydrogens is 464 g/mol. The largest absolute Gasteiger partial charge is 0.341 e. The van der Waals surface area contributed by atoms with Crippen molar-refractivity contribution in [3.63, 3.8) is 0 Å². The molecule has 1 fully saturated rings. The van der Waals surface area contributed by atoms with Crippen molar-refractivity contribution in [3.05, 3.63) is 58.7 Å². The third kappa shape index (κ3) is 7.04. The highest BCUT2D eigenvalue weighted by atomic mass is 35.5. The van der Waals surface area contributed by atoms with Crippen LogP contribution in [0.5, 0.6) is 0 Å². The van der Waals surface area contributed by atoms with Crippen molar-refractivity contribution >= 4 is 35.1 Å². The van der Waals surface area contributed by atoms with Gasteiger partial charge in [-0.2, -0.15) is 0 Å². The molecule has 0 saturated carbocycles. The fourth-order valence-corrected chi connectivity index (χ4v) is 4.21.